The number of fused-ring (bicyclic) bond motifs is 1. The number of thiazole rings is 1. The van der Waals surface area contributed by atoms with Gasteiger partial charge in [-0.25, -0.2) is 15.0 Å². The molecule has 1 aliphatic rings. The molecule has 0 aromatic carbocycles. The van der Waals surface area contributed by atoms with Gasteiger partial charge in [0, 0.05) is 24.0 Å². The lowest BCUT2D eigenvalue weighted by molar-refractivity contribution is 0.221. The molecule has 8 heteroatoms. The van der Waals surface area contributed by atoms with Gasteiger partial charge >= 0.3 is 0 Å². The summed E-state index contributed by atoms with van der Waals surface area (Å²) in [6.45, 7) is 5.35. The largest absolute Gasteiger partial charge is 0.316 e. The Kier molecular flexibility index (Phi) is 4.95. The van der Waals surface area contributed by atoms with E-state index in [1.54, 1.807) is 6.20 Å². The van der Waals surface area contributed by atoms with Crippen molar-refractivity contribution in [2.24, 2.45) is 0 Å². The third-order valence-corrected chi connectivity index (χ3v) is 6.16. The molecule has 1 fully saturated rings. The van der Waals surface area contributed by atoms with E-state index in [0.29, 0.717) is 0 Å². The molecule has 0 spiro atoms. The molecule has 2 N–H and O–H groups in total. The van der Waals surface area contributed by atoms with Gasteiger partial charge in [0.1, 0.15) is 16.2 Å². The minimum atomic E-state index is 0.802. The van der Waals surface area contributed by atoms with E-state index in [0.717, 1.165) is 44.8 Å². The van der Waals surface area contributed by atoms with Gasteiger partial charge in [0.2, 0.25) is 0 Å². The summed E-state index contributed by atoms with van der Waals surface area (Å²) in [4.78, 5) is 17.3. The van der Waals surface area contributed by atoms with Crippen LogP contribution in [0.2, 0.25) is 0 Å². The van der Waals surface area contributed by atoms with Gasteiger partial charge in [0.15, 0.2) is 5.13 Å². The molecule has 0 aliphatic carbocycles. The molecule has 0 atom stereocenters. The smallest absolute Gasteiger partial charge is 0.190 e. The fourth-order valence-corrected chi connectivity index (χ4v) is 4.60. The first-order valence-corrected chi connectivity index (χ1v) is 10.8. The zero-order chi connectivity index (χ0) is 19.6. The summed E-state index contributed by atoms with van der Waals surface area (Å²) in [5.74, 6) is 0.824. The van der Waals surface area contributed by atoms with Crippen LogP contribution in [0.4, 0.5) is 10.9 Å². The number of anilines is 2. The molecule has 0 bridgehead atoms. The van der Waals surface area contributed by atoms with Gasteiger partial charge in [0.25, 0.3) is 0 Å². The number of pyridine rings is 2. The van der Waals surface area contributed by atoms with Crippen LogP contribution in [0.5, 0.6) is 0 Å². The Labute approximate surface area is 173 Å². The lowest BCUT2D eigenvalue weighted by Crippen LogP contribution is -2.29. The zero-order valence-electron chi connectivity index (χ0n) is 16.4. The van der Waals surface area contributed by atoms with Crippen molar-refractivity contribution in [3.8, 4) is 11.3 Å². The second-order valence-electron chi connectivity index (χ2n) is 7.46. The second-order valence-corrected chi connectivity index (χ2v) is 8.44. The average molecular weight is 406 g/mol. The number of aromatic amines is 1. The average Bonchev–Trinajstić information content (AvgIpc) is 3.33. The Bertz CT molecular complexity index is 1130. The topological polar surface area (TPSA) is 82.6 Å². The van der Waals surface area contributed by atoms with Crippen LogP contribution in [-0.4, -0.2) is 43.1 Å². The van der Waals surface area contributed by atoms with Crippen molar-refractivity contribution >= 4 is 32.6 Å². The summed E-state index contributed by atoms with van der Waals surface area (Å²) in [5, 5.41) is 11.2. The van der Waals surface area contributed by atoms with E-state index >= 15 is 0 Å². The van der Waals surface area contributed by atoms with Crippen LogP contribution >= 0.6 is 11.3 Å². The van der Waals surface area contributed by atoms with E-state index in [4.69, 9.17) is 4.98 Å². The van der Waals surface area contributed by atoms with Crippen molar-refractivity contribution in [2.45, 2.75) is 32.7 Å². The molecule has 0 radical (unpaired) electrons. The Balaban J connectivity index is 1.35. The van der Waals surface area contributed by atoms with Gasteiger partial charge in [-0.3, -0.25) is 10.00 Å². The van der Waals surface area contributed by atoms with Crippen LogP contribution in [0.1, 0.15) is 30.5 Å². The number of rotatable bonds is 5. The minimum absolute atomic E-state index is 0.802. The SMILES string of the molecule is Cc1[nH]ncc1-c1ccc2nc(Nc3cc(CN4CCCCC4)ccn3)sc2n1. The minimum Gasteiger partial charge on any atom is -0.316 e. The lowest BCUT2D eigenvalue weighted by Gasteiger charge is -2.26. The fraction of sp³-hybridized carbons (Fsp3) is 0.333. The Morgan fingerprint density at radius 1 is 1.14 bits per heavy atom. The molecule has 0 saturated carbocycles. The molecule has 5 heterocycles. The zero-order valence-corrected chi connectivity index (χ0v) is 17.2. The van der Waals surface area contributed by atoms with Gasteiger partial charge in [-0.15, -0.1) is 0 Å². The maximum absolute atomic E-state index is 4.76. The van der Waals surface area contributed by atoms with Crippen molar-refractivity contribution in [1.29, 1.82) is 0 Å². The second kappa shape index (κ2) is 7.88. The third kappa shape index (κ3) is 3.99. The Hall–Kier alpha value is -2.84. The van der Waals surface area contributed by atoms with Crippen LogP contribution in [0.15, 0.2) is 36.7 Å². The first-order valence-electron chi connectivity index (χ1n) is 9.97. The van der Waals surface area contributed by atoms with Crippen LogP contribution < -0.4 is 5.32 Å². The van der Waals surface area contributed by atoms with Crippen molar-refractivity contribution < 1.29 is 0 Å². The molecule has 0 unspecified atom stereocenters. The maximum atomic E-state index is 4.76. The lowest BCUT2D eigenvalue weighted by atomic mass is 10.1. The molecule has 5 rings (SSSR count). The van der Waals surface area contributed by atoms with Crippen molar-refractivity contribution in [3.63, 3.8) is 0 Å². The molecule has 4 aromatic rings. The van der Waals surface area contributed by atoms with Gasteiger partial charge < -0.3 is 5.32 Å². The third-order valence-electron chi connectivity index (χ3n) is 5.28. The van der Waals surface area contributed by atoms with E-state index in [1.165, 1.54) is 49.3 Å². The number of likely N-dealkylation sites (tertiary alicyclic amines) is 1. The highest BCUT2D eigenvalue weighted by Crippen LogP contribution is 2.29. The van der Waals surface area contributed by atoms with Gasteiger partial charge in [0.05, 0.1) is 11.9 Å². The van der Waals surface area contributed by atoms with E-state index in [1.807, 2.05) is 25.3 Å². The maximum Gasteiger partial charge on any atom is 0.190 e. The van der Waals surface area contributed by atoms with Crippen LogP contribution in [0.3, 0.4) is 0 Å². The first-order chi connectivity index (χ1) is 14.2. The normalized spacial score (nSPS) is 15.1. The molecule has 148 valence electrons. The summed E-state index contributed by atoms with van der Waals surface area (Å²) in [7, 11) is 0. The predicted octanol–water partition coefficient (Wildman–Crippen LogP) is 4.51. The monoisotopic (exact) mass is 405 g/mol. The first kappa shape index (κ1) is 18.2. The van der Waals surface area contributed by atoms with E-state index in [2.05, 4.69) is 42.5 Å². The van der Waals surface area contributed by atoms with Gasteiger partial charge in [-0.1, -0.05) is 17.8 Å². The van der Waals surface area contributed by atoms with E-state index < -0.39 is 0 Å². The summed E-state index contributed by atoms with van der Waals surface area (Å²) in [5.41, 5.74) is 5.09. The van der Waals surface area contributed by atoms with E-state index in [-0.39, 0.29) is 0 Å². The number of aromatic nitrogens is 5. The Morgan fingerprint density at radius 2 is 2.03 bits per heavy atom. The van der Waals surface area contributed by atoms with Crippen LogP contribution in [0.25, 0.3) is 21.6 Å². The highest BCUT2D eigenvalue weighted by molar-refractivity contribution is 7.21. The molecule has 1 aliphatic heterocycles. The predicted molar refractivity (Wildman–Crippen MR) is 116 cm³/mol. The quantitative estimate of drug-likeness (QED) is 0.508. The number of hydrogen-bond acceptors (Lipinski definition) is 7. The Morgan fingerprint density at radius 3 is 2.86 bits per heavy atom. The molecular formula is C21H23N7S. The molecular weight excluding hydrogens is 382 g/mol. The number of H-pyrrole nitrogens is 1. The highest BCUT2D eigenvalue weighted by Gasteiger charge is 2.12. The van der Waals surface area contributed by atoms with Crippen molar-refractivity contribution in [2.75, 3.05) is 18.4 Å². The van der Waals surface area contributed by atoms with Gasteiger partial charge in [-0.05, 0) is 62.7 Å². The fourth-order valence-electron chi connectivity index (χ4n) is 3.76. The van der Waals surface area contributed by atoms with Crippen molar-refractivity contribution in [3.05, 3.63) is 47.9 Å². The summed E-state index contributed by atoms with van der Waals surface area (Å²) in [6.07, 6.45) is 7.63. The summed E-state index contributed by atoms with van der Waals surface area (Å²) in [6, 6.07) is 8.21. The van der Waals surface area contributed by atoms with Crippen LogP contribution in [0, 0.1) is 6.92 Å². The number of nitrogens with zero attached hydrogens (tertiary/aromatic N) is 5. The standard InChI is InChI=1S/C21H23N7S/c1-14-16(12-23-27-14)17-5-6-18-20(24-17)29-21(25-18)26-19-11-15(7-8-22-19)13-28-9-3-2-4-10-28/h5-8,11-12H,2-4,9-10,13H2,1H3,(H,23,27)(H,22,25,26). The van der Waals surface area contributed by atoms with Crippen LogP contribution in [-0.2, 0) is 6.54 Å². The summed E-state index contributed by atoms with van der Waals surface area (Å²) < 4.78 is 0. The highest BCUT2D eigenvalue weighted by atomic mass is 32.1. The summed E-state index contributed by atoms with van der Waals surface area (Å²) >= 11 is 1.54. The molecule has 0 amide bonds. The number of aryl methyl sites for hydroxylation is 1. The molecule has 1 saturated heterocycles. The number of hydrogen-bond donors (Lipinski definition) is 2. The molecule has 7 nitrogen and oxygen atoms in total. The number of nitrogens with one attached hydrogen (secondary N) is 2. The van der Waals surface area contributed by atoms with Gasteiger partial charge in [-0.2, -0.15) is 5.10 Å². The van der Waals surface area contributed by atoms with E-state index in [9.17, 15) is 0 Å². The molecule has 29 heavy (non-hydrogen) atoms. The molecule has 4 aromatic heterocycles. The van der Waals surface area contributed by atoms with Crippen molar-refractivity contribution in [1.82, 2.24) is 30.0 Å². The number of piperidine rings is 1.